The summed E-state index contributed by atoms with van der Waals surface area (Å²) in [5.41, 5.74) is 0.587. The normalized spacial score (nSPS) is 40.4. The molecule has 1 aliphatic carbocycles. The first kappa shape index (κ1) is 34.8. The zero-order valence-electron chi connectivity index (χ0n) is 28.2. The zero-order chi connectivity index (χ0) is 33.2. The van der Waals surface area contributed by atoms with Gasteiger partial charge in [0.25, 0.3) is 0 Å². The van der Waals surface area contributed by atoms with Gasteiger partial charge >= 0.3 is 11.9 Å². The van der Waals surface area contributed by atoms with Gasteiger partial charge in [-0.25, -0.2) is 4.79 Å². The summed E-state index contributed by atoms with van der Waals surface area (Å²) in [6.45, 7) is 11.7. The number of allylic oxidation sites excluding steroid dienone is 5. The van der Waals surface area contributed by atoms with Gasteiger partial charge in [-0.3, -0.25) is 4.79 Å². The molecule has 0 unspecified atom stereocenters. The van der Waals surface area contributed by atoms with Crippen molar-refractivity contribution in [3.8, 4) is 0 Å². The molecular formula is C37H52O9. The molecule has 4 heterocycles. The third-order valence-electron chi connectivity index (χ3n) is 10.5. The number of ether oxygens (including phenoxy) is 5. The number of hydrogen-bond donors (Lipinski definition) is 2. The van der Waals surface area contributed by atoms with E-state index in [0.717, 1.165) is 19.3 Å². The van der Waals surface area contributed by atoms with E-state index < -0.39 is 47.6 Å². The van der Waals surface area contributed by atoms with E-state index in [1.807, 2.05) is 6.08 Å². The topological polar surface area (TPSA) is 121 Å². The molecule has 254 valence electrons. The Labute approximate surface area is 273 Å². The number of esters is 2. The van der Waals surface area contributed by atoms with Crippen molar-refractivity contribution in [2.24, 2.45) is 17.8 Å². The molecule has 2 N–H and O–H groups in total. The molecule has 9 heteroatoms. The molecule has 0 saturated carbocycles. The lowest BCUT2D eigenvalue weighted by molar-refractivity contribution is -0.335. The second kappa shape index (κ2) is 14.3. The lowest BCUT2D eigenvalue weighted by atomic mass is 9.70. The van der Waals surface area contributed by atoms with Gasteiger partial charge < -0.3 is 33.9 Å². The van der Waals surface area contributed by atoms with Gasteiger partial charge in [-0.15, -0.1) is 0 Å². The number of carbonyl (C=O) groups is 2. The zero-order valence-corrected chi connectivity index (χ0v) is 28.2. The summed E-state index contributed by atoms with van der Waals surface area (Å²) < 4.78 is 31.1. The molecule has 1 spiro atoms. The minimum atomic E-state index is -1.85. The SMILES string of the molecule is C/C=C(\C)C(=O)OCC1=C[C@H]2C(=O)O[C@H]3C[C@@H](CC=C(C)C[C@@H](C)C=CC=C4CO[C@H]([C@@H]1O)[C@@]42O)O[C@@]1(CC[C@H](C)[C@@H](CC)O1)C3. The second-order valence-corrected chi connectivity index (χ2v) is 14.0. The highest BCUT2D eigenvalue weighted by Crippen LogP contribution is 2.47. The smallest absolute Gasteiger partial charge is 0.333 e. The van der Waals surface area contributed by atoms with Crippen LogP contribution in [0.5, 0.6) is 0 Å². The Morgan fingerprint density at radius 2 is 2.00 bits per heavy atom. The molecule has 46 heavy (non-hydrogen) atoms. The first-order valence-corrected chi connectivity index (χ1v) is 17.0. The van der Waals surface area contributed by atoms with Crippen molar-refractivity contribution in [2.45, 2.75) is 128 Å². The van der Waals surface area contributed by atoms with Gasteiger partial charge in [-0.2, -0.15) is 0 Å². The fourth-order valence-corrected chi connectivity index (χ4v) is 7.65. The van der Waals surface area contributed by atoms with Crippen molar-refractivity contribution in [3.63, 3.8) is 0 Å². The van der Waals surface area contributed by atoms with Crippen LogP contribution in [-0.2, 0) is 33.3 Å². The van der Waals surface area contributed by atoms with E-state index in [-0.39, 0.29) is 36.9 Å². The van der Waals surface area contributed by atoms with Crippen LogP contribution >= 0.6 is 0 Å². The molecule has 3 saturated heterocycles. The molecule has 4 aliphatic heterocycles. The minimum absolute atomic E-state index is 0.0329. The third kappa shape index (κ3) is 7.14. The Hall–Kier alpha value is -2.56. The predicted octanol–water partition coefficient (Wildman–Crippen LogP) is 5.41. The molecule has 5 aliphatic rings. The molecule has 10 atom stereocenters. The molecule has 0 amide bonds. The molecule has 0 radical (unpaired) electrons. The monoisotopic (exact) mass is 640 g/mol. The van der Waals surface area contributed by atoms with E-state index in [4.69, 9.17) is 23.7 Å². The van der Waals surface area contributed by atoms with Crippen LogP contribution in [0.3, 0.4) is 0 Å². The van der Waals surface area contributed by atoms with Crippen molar-refractivity contribution < 1.29 is 43.5 Å². The first-order valence-electron chi connectivity index (χ1n) is 17.0. The van der Waals surface area contributed by atoms with Crippen molar-refractivity contribution in [1.82, 2.24) is 0 Å². The van der Waals surface area contributed by atoms with Crippen molar-refractivity contribution in [3.05, 3.63) is 58.7 Å². The summed E-state index contributed by atoms with van der Waals surface area (Å²) >= 11 is 0. The summed E-state index contributed by atoms with van der Waals surface area (Å²) in [5.74, 6) is -2.57. The van der Waals surface area contributed by atoms with Gasteiger partial charge in [0, 0.05) is 24.8 Å². The van der Waals surface area contributed by atoms with E-state index in [9.17, 15) is 19.8 Å². The van der Waals surface area contributed by atoms with Gasteiger partial charge in [-0.1, -0.05) is 62.8 Å². The molecule has 0 aromatic rings. The van der Waals surface area contributed by atoms with Gasteiger partial charge in [0.2, 0.25) is 0 Å². The van der Waals surface area contributed by atoms with E-state index in [1.54, 1.807) is 26.0 Å². The van der Waals surface area contributed by atoms with Gasteiger partial charge in [0.15, 0.2) is 5.79 Å². The maximum Gasteiger partial charge on any atom is 0.333 e. The van der Waals surface area contributed by atoms with Gasteiger partial charge in [-0.05, 0) is 69.4 Å². The third-order valence-corrected chi connectivity index (χ3v) is 10.5. The summed E-state index contributed by atoms with van der Waals surface area (Å²) in [5, 5.41) is 23.7. The van der Waals surface area contributed by atoms with Crippen molar-refractivity contribution in [2.75, 3.05) is 13.2 Å². The highest BCUT2D eigenvalue weighted by atomic mass is 16.7. The number of rotatable bonds is 4. The predicted molar refractivity (Wildman–Crippen MR) is 172 cm³/mol. The summed E-state index contributed by atoms with van der Waals surface area (Å²) in [6.07, 6.45) is 13.0. The van der Waals surface area contributed by atoms with E-state index in [1.165, 1.54) is 11.6 Å². The molecule has 0 aromatic heterocycles. The van der Waals surface area contributed by atoms with Crippen LogP contribution in [-0.4, -0.2) is 77.3 Å². The van der Waals surface area contributed by atoms with Crippen LogP contribution < -0.4 is 0 Å². The lowest BCUT2D eigenvalue weighted by Crippen LogP contribution is -2.58. The molecular weight excluding hydrogens is 588 g/mol. The quantitative estimate of drug-likeness (QED) is 0.236. The number of aliphatic hydroxyl groups excluding tert-OH is 1. The molecule has 3 fully saturated rings. The second-order valence-electron chi connectivity index (χ2n) is 14.0. The maximum atomic E-state index is 14.2. The molecule has 9 nitrogen and oxygen atoms in total. The largest absolute Gasteiger partial charge is 0.462 e. The Balaban J connectivity index is 1.52. The van der Waals surface area contributed by atoms with Gasteiger partial charge in [0.1, 0.15) is 36.4 Å². The van der Waals surface area contributed by atoms with E-state index in [2.05, 4.69) is 39.8 Å². The molecule has 5 rings (SSSR count). The highest BCUT2D eigenvalue weighted by Gasteiger charge is 2.60. The van der Waals surface area contributed by atoms with E-state index >= 15 is 0 Å². The average molecular weight is 641 g/mol. The highest BCUT2D eigenvalue weighted by molar-refractivity contribution is 5.87. The number of fused-ring (bicyclic) bond motifs is 2. The Bertz CT molecular complexity index is 1310. The minimum Gasteiger partial charge on any atom is -0.462 e. The number of hydrogen-bond acceptors (Lipinski definition) is 9. The summed E-state index contributed by atoms with van der Waals surface area (Å²) in [7, 11) is 0. The van der Waals surface area contributed by atoms with E-state index in [0.29, 0.717) is 42.7 Å². The molecule has 0 aromatic carbocycles. The lowest BCUT2D eigenvalue weighted by Gasteiger charge is -2.50. The maximum absolute atomic E-state index is 14.2. The van der Waals surface area contributed by atoms with Crippen molar-refractivity contribution in [1.29, 1.82) is 0 Å². The van der Waals surface area contributed by atoms with Gasteiger partial charge in [0.05, 0.1) is 18.8 Å². The van der Waals surface area contributed by atoms with Crippen LogP contribution in [0.2, 0.25) is 0 Å². The van der Waals surface area contributed by atoms with Crippen LogP contribution in [0.1, 0.15) is 86.5 Å². The Morgan fingerprint density at radius 3 is 2.74 bits per heavy atom. The van der Waals surface area contributed by atoms with Crippen LogP contribution in [0.4, 0.5) is 0 Å². The number of aliphatic hydroxyl groups is 2. The summed E-state index contributed by atoms with van der Waals surface area (Å²) in [6, 6.07) is 0. The first-order chi connectivity index (χ1) is 21.9. The fraction of sp³-hybridized carbons (Fsp3) is 0.676. The Kier molecular flexibility index (Phi) is 10.8. The standard InChI is InChI=1S/C37H52O9/c1-7-24(5)34(39)43-20-26-17-30-35(40)44-29-18-28(45-36(19-29)15-14-25(6)31(8-2)46-36)13-12-23(4)16-22(3)10-9-11-27-21-42-33(32(26)38)37(27,30)41/h7,9-12,17,22,25,28-33,38,41H,8,13-16,18-21H2,1-6H3/b10-9?,23-12?,24-7+,27-11?/t22-,25-,28+,29-,30-,31+,32+,33+,36+,37+/m0/s1. The fourth-order valence-electron chi connectivity index (χ4n) is 7.65. The number of carbonyl (C=O) groups excluding carboxylic acids is 2. The van der Waals surface area contributed by atoms with Crippen LogP contribution in [0.15, 0.2) is 58.7 Å². The summed E-state index contributed by atoms with van der Waals surface area (Å²) in [4.78, 5) is 26.7. The van der Waals surface area contributed by atoms with Crippen LogP contribution in [0, 0.1) is 17.8 Å². The average Bonchev–Trinajstić information content (AvgIpc) is 3.36. The van der Waals surface area contributed by atoms with Crippen molar-refractivity contribution >= 4 is 11.9 Å². The van der Waals surface area contributed by atoms with Crippen LogP contribution in [0.25, 0.3) is 0 Å². The Morgan fingerprint density at radius 1 is 1.22 bits per heavy atom. The molecule has 2 bridgehead atoms.